The van der Waals surface area contributed by atoms with Crippen LogP contribution in [0.25, 0.3) is 6.08 Å². The van der Waals surface area contributed by atoms with Crippen molar-refractivity contribution in [2.45, 2.75) is 13.0 Å². The molecule has 21 heavy (non-hydrogen) atoms. The summed E-state index contributed by atoms with van der Waals surface area (Å²) in [4.78, 5) is 11.9. The zero-order chi connectivity index (χ0) is 15.2. The first-order valence-corrected chi connectivity index (χ1v) is 7.02. The molecule has 2 aromatic rings. The maximum absolute atomic E-state index is 11.9. The minimum atomic E-state index is -0.167. The molecule has 2 aromatic carbocycles. The average molecular weight is 301 g/mol. The molecular formula is C17H17ClN2O. The van der Waals surface area contributed by atoms with Gasteiger partial charge in [-0.15, -0.1) is 0 Å². The van der Waals surface area contributed by atoms with Gasteiger partial charge in [0.1, 0.15) is 0 Å². The van der Waals surface area contributed by atoms with Gasteiger partial charge in [0.05, 0.1) is 6.04 Å². The van der Waals surface area contributed by atoms with Gasteiger partial charge in [-0.3, -0.25) is 4.79 Å². The zero-order valence-electron chi connectivity index (χ0n) is 11.7. The number of nitrogens with two attached hydrogens (primary N) is 1. The SMILES string of the molecule is C[C@@H](NC(=O)/C=C/c1ccc(N)cc1)c1ccccc1Cl. The third-order valence-corrected chi connectivity index (χ3v) is 3.44. The summed E-state index contributed by atoms with van der Waals surface area (Å²) in [7, 11) is 0. The Balaban J connectivity index is 1.98. The molecule has 3 N–H and O–H groups in total. The Morgan fingerprint density at radius 1 is 1.19 bits per heavy atom. The molecule has 3 nitrogen and oxygen atoms in total. The van der Waals surface area contributed by atoms with Gasteiger partial charge in [0.2, 0.25) is 5.91 Å². The molecule has 1 atom stereocenters. The molecule has 0 aliphatic carbocycles. The van der Waals surface area contributed by atoms with E-state index in [0.29, 0.717) is 10.7 Å². The summed E-state index contributed by atoms with van der Waals surface area (Å²) in [5, 5.41) is 3.53. The largest absolute Gasteiger partial charge is 0.399 e. The maximum atomic E-state index is 11.9. The first-order valence-electron chi connectivity index (χ1n) is 6.65. The highest BCUT2D eigenvalue weighted by atomic mass is 35.5. The van der Waals surface area contributed by atoms with E-state index in [1.54, 1.807) is 18.2 Å². The van der Waals surface area contributed by atoms with E-state index >= 15 is 0 Å². The predicted octanol–water partition coefficient (Wildman–Crippen LogP) is 3.81. The standard InChI is InChI=1S/C17H17ClN2O/c1-12(15-4-2-3-5-16(15)18)20-17(21)11-8-13-6-9-14(19)10-7-13/h2-12H,19H2,1H3,(H,20,21)/b11-8+/t12-/m1/s1. The quantitative estimate of drug-likeness (QED) is 0.666. The number of halogens is 1. The molecule has 0 bridgehead atoms. The Labute approximate surface area is 129 Å². The van der Waals surface area contributed by atoms with Crippen molar-refractivity contribution in [3.8, 4) is 0 Å². The first-order chi connectivity index (χ1) is 10.1. The summed E-state index contributed by atoms with van der Waals surface area (Å²) in [5.41, 5.74) is 8.13. The zero-order valence-corrected chi connectivity index (χ0v) is 12.5. The molecule has 0 heterocycles. The van der Waals surface area contributed by atoms with Crippen molar-refractivity contribution in [2.24, 2.45) is 0 Å². The van der Waals surface area contributed by atoms with E-state index in [1.165, 1.54) is 6.08 Å². The fourth-order valence-corrected chi connectivity index (χ4v) is 2.24. The summed E-state index contributed by atoms with van der Waals surface area (Å²) in [6.45, 7) is 1.90. The van der Waals surface area contributed by atoms with Crippen LogP contribution in [0, 0.1) is 0 Å². The molecule has 108 valence electrons. The number of nitrogen functional groups attached to an aromatic ring is 1. The van der Waals surface area contributed by atoms with E-state index < -0.39 is 0 Å². The second-order valence-electron chi connectivity index (χ2n) is 4.75. The smallest absolute Gasteiger partial charge is 0.244 e. The number of anilines is 1. The number of carbonyl (C=O) groups is 1. The topological polar surface area (TPSA) is 55.1 Å². The molecule has 0 spiro atoms. The molecule has 0 unspecified atom stereocenters. The minimum Gasteiger partial charge on any atom is -0.399 e. The van der Waals surface area contributed by atoms with E-state index in [0.717, 1.165) is 11.1 Å². The fraction of sp³-hybridized carbons (Fsp3) is 0.118. The number of hydrogen-bond acceptors (Lipinski definition) is 2. The van der Waals surface area contributed by atoms with Crippen LogP contribution in [0.3, 0.4) is 0 Å². The van der Waals surface area contributed by atoms with E-state index in [9.17, 15) is 4.79 Å². The molecule has 4 heteroatoms. The molecule has 0 fully saturated rings. The Hall–Kier alpha value is -2.26. The van der Waals surface area contributed by atoms with Gasteiger partial charge in [0, 0.05) is 16.8 Å². The van der Waals surface area contributed by atoms with Gasteiger partial charge in [-0.05, 0) is 42.3 Å². The van der Waals surface area contributed by atoms with E-state index in [2.05, 4.69) is 5.32 Å². The summed E-state index contributed by atoms with van der Waals surface area (Å²) < 4.78 is 0. The van der Waals surface area contributed by atoms with Crippen molar-refractivity contribution in [3.63, 3.8) is 0 Å². The van der Waals surface area contributed by atoms with Crippen LogP contribution in [-0.2, 0) is 4.79 Å². The van der Waals surface area contributed by atoms with Gasteiger partial charge in [0.25, 0.3) is 0 Å². The van der Waals surface area contributed by atoms with Crippen LogP contribution in [0.2, 0.25) is 5.02 Å². The molecule has 2 rings (SSSR count). The highest BCUT2D eigenvalue weighted by Gasteiger charge is 2.10. The van der Waals surface area contributed by atoms with Crippen molar-refractivity contribution in [1.82, 2.24) is 5.32 Å². The minimum absolute atomic E-state index is 0.151. The lowest BCUT2D eigenvalue weighted by Gasteiger charge is -2.14. The normalized spacial score (nSPS) is 12.3. The van der Waals surface area contributed by atoms with Crippen molar-refractivity contribution in [3.05, 3.63) is 70.8 Å². The third-order valence-electron chi connectivity index (χ3n) is 3.09. The average Bonchev–Trinajstić information content (AvgIpc) is 2.47. The van der Waals surface area contributed by atoms with Crippen LogP contribution in [0.5, 0.6) is 0 Å². The van der Waals surface area contributed by atoms with Crippen LogP contribution < -0.4 is 11.1 Å². The van der Waals surface area contributed by atoms with Crippen molar-refractivity contribution in [1.29, 1.82) is 0 Å². The van der Waals surface area contributed by atoms with Crippen molar-refractivity contribution < 1.29 is 4.79 Å². The molecule has 1 amide bonds. The lowest BCUT2D eigenvalue weighted by Crippen LogP contribution is -2.24. The van der Waals surface area contributed by atoms with Crippen LogP contribution in [0.15, 0.2) is 54.6 Å². The van der Waals surface area contributed by atoms with Gasteiger partial charge in [-0.25, -0.2) is 0 Å². The number of benzene rings is 2. The lowest BCUT2D eigenvalue weighted by atomic mass is 10.1. The second-order valence-corrected chi connectivity index (χ2v) is 5.16. The first kappa shape index (κ1) is 15.1. The summed E-state index contributed by atoms with van der Waals surface area (Å²) in [6, 6.07) is 14.6. The predicted molar refractivity (Wildman–Crippen MR) is 87.9 cm³/mol. The molecule has 0 saturated carbocycles. The maximum Gasteiger partial charge on any atom is 0.244 e. The Morgan fingerprint density at radius 3 is 2.52 bits per heavy atom. The van der Waals surface area contributed by atoms with Crippen LogP contribution >= 0.6 is 11.6 Å². The molecule has 0 saturated heterocycles. The van der Waals surface area contributed by atoms with Crippen LogP contribution in [0.1, 0.15) is 24.1 Å². The molecule has 0 radical (unpaired) electrons. The van der Waals surface area contributed by atoms with Crippen LogP contribution in [0.4, 0.5) is 5.69 Å². The molecule has 0 aromatic heterocycles. The van der Waals surface area contributed by atoms with Gasteiger partial charge < -0.3 is 11.1 Å². The lowest BCUT2D eigenvalue weighted by molar-refractivity contribution is -0.117. The fourth-order valence-electron chi connectivity index (χ4n) is 1.94. The Morgan fingerprint density at radius 2 is 1.86 bits per heavy atom. The van der Waals surface area contributed by atoms with E-state index in [1.807, 2.05) is 43.3 Å². The number of hydrogen-bond donors (Lipinski definition) is 2. The van der Waals surface area contributed by atoms with Crippen LogP contribution in [-0.4, -0.2) is 5.91 Å². The molecular weight excluding hydrogens is 284 g/mol. The number of amides is 1. The molecule has 0 aliphatic heterocycles. The van der Waals surface area contributed by atoms with E-state index in [4.69, 9.17) is 17.3 Å². The Kier molecular flexibility index (Phi) is 5.01. The number of carbonyl (C=O) groups excluding carboxylic acids is 1. The highest BCUT2D eigenvalue weighted by Crippen LogP contribution is 2.22. The summed E-state index contributed by atoms with van der Waals surface area (Å²) >= 11 is 6.11. The monoisotopic (exact) mass is 300 g/mol. The van der Waals surface area contributed by atoms with Gasteiger partial charge in [-0.2, -0.15) is 0 Å². The number of nitrogens with one attached hydrogen (secondary N) is 1. The van der Waals surface area contributed by atoms with Gasteiger partial charge in [-0.1, -0.05) is 41.9 Å². The summed E-state index contributed by atoms with van der Waals surface area (Å²) in [6.07, 6.45) is 3.24. The molecule has 0 aliphatic rings. The highest BCUT2D eigenvalue weighted by molar-refractivity contribution is 6.31. The number of rotatable bonds is 4. The van der Waals surface area contributed by atoms with Crippen molar-refractivity contribution in [2.75, 3.05) is 5.73 Å². The summed E-state index contributed by atoms with van der Waals surface area (Å²) in [5.74, 6) is -0.167. The Bertz CT molecular complexity index is 650. The van der Waals surface area contributed by atoms with Crippen molar-refractivity contribution >= 4 is 29.3 Å². The van der Waals surface area contributed by atoms with Gasteiger partial charge in [0.15, 0.2) is 0 Å². The third kappa shape index (κ3) is 4.36. The van der Waals surface area contributed by atoms with E-state index in [-0.39, 0.29) is 11.9 Å². The second kappa shape index (κ2) is 6.95. The van der Waals surface area contributed by atoms with Gasteiger partial charge >= 0.3 is 0 Å².